The molecule has 2 aromatic carbocycles. The molecule has 0 radical (unpaired) electrons. The van der Waals surface area contributed by atoms with Gasteiger partial charge in [0.2, 0.25) is 0 Å². The second kappa shape index (κ2) is 7.56. The Morgan fingerprint density at radius 3 is 2.66 bits per heavy atom. The zero-order chi connectivity index (χ0) is 21.9. The highest BCUT2D eigenvalue weighted by molar-refractivity contribution is 5.48. The highest BCUT2D eigenvalue weighted by Gasteiger charge is 2.66. The molecule has 2 bridgehead atoms. The molecular weight excluding hydrogens is 400 g/mol. The Balaban J connectivity index is 1.35. The van der Waals surface area contributed by atoms with Gasteiger partial charge in [0.05, 0.1) is 11.7 Å². The summed E-state index contributed by atoms with van der Waals surface area (Å²) in [4.78, 5) is 2.54. The van der Waals surface area contributed by atoms with Gasteiger partial charge in [-0.3, -0.25) is 4.90 Å². The Bertz CT molecular complexity index is 994. The summed E-state index contributed by atoms with van der Waals surface area (Å²) in [5.41, 5.74) is 2.04. The molecule has 1 heterocycles. The van der Waals surface area contributed by atoms with E-state index >= 15 is 0 Å². The second-order valence-corrected chi connectivity index (χ2v) is 10.7. The Morgan fingerprint density at radius 1 is 1.06 bits per heavy atom. The van der Waals surface area contributed by atoms with Gasteiger partial charge in [-0.15, -0.1) is 0 Å². The number of hydrogen-bond donors (Lipinski definition) is 4. The molecule has 3 aliphatic carbocycles. The number of aliphatic hydroxyl groups excluding tert-OH is 1. The summed E-state index contributed by atoms with van der Waals surface area (Å²) in [6.07, 6.45) is 4.76. The van der Waals surface area contributed by atoms with E-state index in [0.29, 0.717) is 19.4 Å². The smallest absolute Gasteiger partial charge is 0.115 e. The van der Waals surface area contributed by atoms with Crippen molar-refractivity contribution in [2.75, 3.05) is 13.1 Å². The van der Waals surface area contributed by atoms with E-state index in [-0.39, 0.29) is 17.8 Å². The molecule has 5 nitrogen and oxygen atoms in total. The predicted octanol–water partition coefficient (Wildman–Crippen LogP) is 2.71. The van der Waals surface area contributed by atoms with Crippen LogP contribution in [0.2, 0.25) is 0 Å². The van der Waals surface area contributed by atoms with Crippen LogP contribution in [0.1, 0.15) is 48.8 Å². The first-order chi connectivity index (χ1) is 15.5. The lowest BCUT2D eigenvalue weighted by Gasteiger charge is -2.65. The van der Waals surface area contributed by atoms with E-state index < -0.39 is 17.1 Å². The molecule has 0 amide bonds. The highest BCUT2D eigenvalue weighted by atomic mass is 16.3. The first kappa shape index (κ1) is 20.7. The lowest BCUT2D eigenvalue weighted by atomic mass is 9.48. The number of likely N-dealkylation sites (tertiary alicyclic amines) is 1. The Labute approximate surface area is 190 Å². The predicted molar refractivity (Wildman–Crippen MR) is 123 cm³/mol. The summed E-state index contributed by atoms with van der Waals surface area (Å²) in [6.45, 7) is 2.70. The maximum absolute atomic E-state index is 12.5. The van der Waals surface area contributed by atoms with Crippen molar-refractivity contribution in [3.8, 4) is 5.75 Å². The van der Waals surface area contributed by atoms with Crippen LogP contribution in [-0.4, -0.2) is 57.1 Å². The van der Waals surface area contributed by atoms with Crippen molar-refractivity contribution in [1.29, 1.82) is 0 Å². The van der Waals surface area contributed by atoms with Crippen LogP contribution in [0.4, 0.5) is 0 Å². The van der Waals surface area contributed by atoms with Crippen molar-refractivity contribution >= 4 is 0 Å². The molecule has 6 rings (SSSR count). The van der Waals surface area contributed by atoms with Crippen molar-refractivity contribution in [2.24, 2.45) is 5.92 Å². The number of benzene rings is 2. The number of nitrogens with zero attached hydrogens (tertiary/aromatic N) is 1. The average molecular weight is 435 g/mol. The topological polar surface area (TPSA) is 76.0 Å². The summed E-state index contributed by atoms with van der Waals surface area (Å²) in [7, 11) is 0. The van der Waals surface area contributed by atoms with Gasteiger partial charge in [0.15, 0.2) is 0 Å². The molecule has 1 saturated heterocycles. The first-order valence-electron chi connectivity index (χ1n) is 12.2. The van der Waals surface area contributed by atoms with Gasteiger partial charge in [-0.2, -0.15) is 0 Å². The van der Waals surface area contributed by atoms with Crippen LogP contribution in [-0.2, 0) is 18.4 Å². The van der Waals surface area contributed by atoms with Crippen molar-refractivity contribution in [3.63, 3.8) is 0 Å². The minimum absolute atomic E-state index is 0.0578. The number of aromatic hydroxyl groups is 1. The Kier molecular flexibility index (Phi) is 4.88. The van der Waals surface area contributed by atoms with Gasteiger partial charge in [0, 0.05) is 30.6 Å². The van der Waals surface area contributed by atoms with E-state index in [1.807, 2.05) is 30.3 Å². The van der Waals surface area contributed by atoms with Crippen LogP contribution in [0.3, 0.4) is 0 Å². The molecule has 170 valence electrons. The van der Waals surface area contributed by atoms with E-state index in [0.717, 1.165) is 37.4 Å². The number of fused-ring (bicyclic) bond motifs is 1. The molecule has 0 spiro atoms. The average Bonchev–Trinajstić information content (AvgIpc) is 3.60. The standard InChI is InChI=1S/C27H34N2O3/c30-21-9-8-20-12-25-27(32)14-23(28-16-18-4-2-1-3-5-18)24(31)15-26(27,22(20)13-21)10-11-29(25)17-19-6-7-19/h1-5,8-9,13,19,23-25,28,30-32H,6-7,10-12,14-17H2/t23-,24-,25-,26-,27-/m1/s1. The Morgan fingerprint density at radius 2 is 1.88 bits per heavy atom. The number of rotatable bonds is 5. The van der Waals surface area contributed by atoms with Crippen LogP contribution in [0.5, 0.6) is 5.75 Å². The van der Waals surface area contributed by atoms with E-state index in [2.05, 4.69) is 22.3 Å². The maximum atomic E-state index is 12.5. The van der Waals surface area contributed by atoms with Gasteiger partial charge < -0.3 is 20.6 Å². The fourth-order valence-electron chi connectivity index (χ4n) is 6.98. The van der Waals surface area contributed by atoms with E-state index in [9.17, 15) is 15.3 Å². The SMILES string of the molecule is Oc1ccc2c(c1)[C@]13CCN(CC4CC4)[C@H](C2)[C@]1(O)C[C@@H](NCc1ccccc1)[C@H](O)C3. The molecule has 2 aromatic rings. The minimum Gasteiger partial charge on any atom is -0.508 e. The van der Waals surface area contributed by atoms with Crippen LogP contribution in [0.25, 0.3) is 0 Å². The summed E-state index contributed by atoms with van der Waals surface area (Å²) >= 11 is 0. The molecule has 5 heteroatoms. The molecule has 1 aliphatic heterocycles. The van der Waals surface area contributed by atoms with Crippen molar-refractivity contribution in [3.05, 3.63) is 65.2 Å². The third-order valence-corrected chi connectivity index (χ3v) is 8.82. The number of aliphatic hydroxyl groups is 2. The summed E-state index contributed by atoms with van der Waals surface area (Å²) in [6, 6.07) is 15.8. The molecule has 0 unspecified atom stereocenters. The summed E-state index contributed by atoms with van der Waals surface area (Å²) in [5.74, 6) is 1.02. The monoisotopic (exact) mass is 434 g/mol. The minimum atomic E-state index is -0.922. The fraction of sp³-hybridized carbons (Fsp3) is 0.556. The third-order valence-electron chi connectivity index (χ3n) is 8.82. The number of piperidine rings is 1. The van der Waals surface area contributed by atoms with Gasteiger partial charge >= 0.3 is 0 Å². The van der Waals surface area contributed by atoms with Crippen LogP contribution in [0, 0.1) is 5.92 Å². The van der Waals surface area contributed by atoms with Gasteiger partial charge in [0.1, 0.15) is 5.75 Å². The molecule has 0 aromatic heterocycles. The second-order valence-electron chi connectivity index (χ2n) is 10.7. The zero-order valence-corrected chi connectivity index (χ0v) is 18.6. The van der Waals surface area contributed by atoms with E-state index in [4.69, 9.17) is 0 Å². The summed E-state index contributed by atoms with van der Waals surface area (Å²) in [5, 5.41) is 37.6. The van der Waals surface area contributed by atoms with Gasteiger partial charge in [-0.25, -0.2) is 0 Å². The van der Waals surface area contributed by atoms with Gasteiger partial charge in [-0.1, -0.05) is 36.4 Å². The van der Waals surface area contributed by atoms with Gasteiger partial charge in [0.25, 0.3) is 0 Å². The highest BCUT2D eigenvalue weighted by Crippen LogP contribution is 2.58. The zero-order valence-electron chi connectivity index (χ0n) is 18.6. The number of phenolic OH excluding ortho intramolecular Hbond substituents is 1. The largest absolute Gasteiger partial charge is 0.508 e. The van der Waals surface area contributed by atoms with Crippen LogP contribution < -0.4 is 5.32 Å². The quantitative estimate of drug-likeness (QED) is 0.582. The fourth-order valence-corrected chi connectivity index (χ4v) is 6.98. The maximum Gasteiger partial charge on any atom is 0.115 e. The molecule has 2 saturated carbocycles. The lowest BCUT2D eigenvalue weighted by Crippen LogP contribution is -2.76. The van der Waals surface area contributed by atoms with Crippen molar-refractivity contribution in [1.82, 2.24) is 10.2 Å². The van der Waals surface area contributed by atoms with Crippen LogP contribution >= 0.6 is 0 Å². The van der Waals surface area contributed by atoms with Gasteiger partial charge in [-0.05, 0) is 79.8 Å². The molecule has 32 heavy (non-hydrogen) atoms. The third kappa shape index (κ3) is 3.21. The van der Waals surface area contributed by atoms with Crippen molar-refractivity contribution < 1.29 is 15.3 Å². The number of nitrogens with one attached hydrogen (secondary N) is 1. The van der Waals surface area contributed by atoms with E-state index in [1.54, 1.807) is 6.07 Å². The molecule has 3 fully saturated rings. The molecule has 4 N–H and O–H groups in total. The van der Waals surface area contributed by atoms with E-state index in [1.165, 1.54) is 24.0 Å². The summed E-state index contributed by atoms with van der Waals surface area (Å²) < 4.78 is 0. The molecule has 4 aliphatic rings. The Hall–Kier alpha value is -1.92. The van der Waals surface area contributed by atoms with Crippen molar-refractivity contribution in [2.45, 2.75) is 74.3 Å². The molecular formula is C27H34N2O3. The normalized spacial score (nSPS) is 36.4. The number of phenols is 1. The van der Waals surface area contributed by atoms with Crippen LogP contribution in [0.15, 0.2) is 48.5 Å². The lowest BCUT2D eigenvalue weighted by molar-refractivity contribution is -0.190. The number of hydrogen-bond acceptors (Lipinski definition) is 5. The first-order valence-corrected chi connectivity index (χ1v) is 12.2. The molecule has 5 atom stereocenters.